The van der Waals surface area contributed by atoms with Gasteiger partial charge in [-0.15, -0.1) is 0 Å². The van der Waals surface area contributed by atoms with Crippen molar-refractivity contribution in [3.8, 4) is 5.75 Å². The summed E-state index contributed by atoms with van der Waals surface area (Å²) in [5.41, 5.74) is 3.23. The molecule has 210 valence electrons. The Balaban J connectivity index is 1.22. The molecule has 1 unspecified atom stereocenters. The maximum absolute atomic E-state index is 13.5. The Morgan fingerprint density at radius 2 is 1.62 bits per heavy atom. The highest BCUT2D eigenvalue weighted by atomic mass is 16.7. The van der Waals surface area contributed by atoms with Crippen LogP contribution in [0.25, 0.3) is 0 Å². The van der Waals surface area contributed by atoms with E-state index in [9.17, 15) is 14.7 Å². The standard InChI is InChI=1S/C32H36N2O6/c35-31(34(27-10-4-5-11-27)18-17-29-38-19-20-39-29)25-15-13-23(14-16-25)22-40-28-12-6-9-26(21-28)30(33-32(36)37)24-7-2-1-3-8-24/h1-3,6-9,12-16,21,27,29-30,33H,4-5,10-11,17-20,22H2,(H,36,37). The van der Waals surface area contributed by atoms with Crippen LogP contribution in [0.3, 0.4) is 0 Å². The van der Waals surface area contributed by atoms with Gasteiger partial charge in [-0.1, -0.05) is 67.4 Å². The Morgan fingerprint density at radius 3 is 2.33 bits per heavy atom. The van der Waals surface area contributed by atoms with E-state index >= 15 is 0 Å². The molecule has 2 amide bonds. The number of rotatable bonds is 11. The zero-order valence-electron chi connectivity index (χ0n) is 22.5. The molecule has 1 saturated carbocycles. The number of carboxylic acid groups (broad SMARTS) is 1. The average Bonchev–Trinajstić information content (AvgIpc) is 3.71. The molecule has 0 bridgehead atoms. The molecule has 0 spiro atoms. The first-order valence-corrected chi connectivity index (χ1v) is 14.0. The van der Waals surface area contributed by atoms with E-state index in [1.54, 1.807) is 0 Å². The molecule has 3 aromatic carbocycles. The molecule has 8 heteroatoms. The third kappa shape index (κ3) is 7.20. The first kappa shape index (κ1) is 27.7. The summed E-state index contributed by atoms with van der Waals surface area (Å²) in [5.74, 6) is 0.678. The minimum Gasteiger partial charge on any atom is -0.489 e. The third-order valence-electron chi connectivity index (χ3n) is 7.52. The van der Waals surface area contributed by atoms with Crippen molar-refractivity contribution >= 4 is 12.0 Å². The lowest BCUT2D eigenvalue weighted by Crippen LogP contribution is -2.40. The molecule has 0 radical (unpaired) electrons. The summed E-state index contributed by atoms with van der Waals surface area (Å²) in [6.45, 7) is 2.17. The highest BCUT2D eigenvalue weighted by Crippen LogP contribution is 2.27. The van der Waals surface area contributed by atoms with Gasteiger partial charge in [-0.05, 0) is 53.8 Å². The van der Waals surface area contributed by atoms with Gasteiger partial charge in [-0.2, -0.15) is 0 Å². The van der Waals surface area contributed by atoms with Crippen LogP contribution in [-0.4, -0.2) is 54.1 Å². The molecule has 40 heavy (non-hydrogen) atoms. The number of benzene rings is 3. The van der Waals surface area contributed by atoms with Gasteiger partial charge in [0, 0.05) is 24.6 Å². The van der Waals surface area contributed by atoms with E-state index in [4.69, 9.17) is 14.2 Å². The van der Waals surface area contributed by atoms with Crippen molar-refractivity contribution in [2.45, 2.75) is 57.1 Å². The van der Waals surface area contributed by atoms with Gasteiger partial charge in [-0.25, -0.2) is 4.79 Å². The van der Waals surface area contributed by atoms with Gasteiger partial charge < -0.3 is 29.5 Å². The molecule has 1 saturated heterocycles. The number of hydrogen-bond donors (Lipinski definition) is 2. The molecular weight excluding hydrogens is 508 g/mol. The molecule has 5 rings (SSSR count). The van der Waals surface area contributed by atoms with Gasteiger partial charge in [0.15, 0.2) is 6.29 Å². The molecule has 2 aliphatic rings. The fourth-order valence-corrected chi connectivity index (χ4v) is 5.47. The quantitative estimate of drug-likeness (QED) is 0.318. The van der Waals surface area contributed by atoms with Gasteiger partial charge in [0.25, 0.3) is 5.91 Å². The predicted molar refractivity (Wildman–Crippen MR) is 150 cm³/mol. The zero-order chi connectivity index (χ0) is 27.7. The predicted octanol–water partition coefficient (Wildman–Crippen LogP) is 5.77. The van der Waals surface area contributed by atoms with Crippen molar-refractivity contribution in [2.24, 2.45) is 0 Å². The molecule has 1 atom stereocenters. The summed E-state index contributed by atoms with van der Waals surface area (Å²) in [6.07, 6.45) is 3.74. The van der Waals surface area contributed by atoms with Gasteiger partial charge in [0.2, 0.25) is 0 Å². The van der Waals surface area contributed by atoms with Crippen molar-refractivity contribution in [3.05, 3.63) is 101 Å². The Kier molecular flexibility index (Phi) is 9.31. The van der Waals surface area contributed by atoms with Crippen LogP contribution in [0.2, 0.25) is 0 Å². The summed E-state index contributed by atoms with van der Waals surface area (Å²) in [7, 11) is 0. The van der Waals surface area contributed by atoms with Crippen molar-refractivity contribution in [2.75, 3.05) is 19.8 Å². The summed E-state index contributed by atoms with van der Waals surface area (Å²) >= 11 is 0. The molecule has 1 aliphatic carbocycles. The third-order valence-corrected chi connectivity index (χ3v) is 7.52. The smallest absolute Gasteiger partial charge is 0.405 e. The lowest BCUT2D eigenvalue weighted by atomic mass is 9.98. The van der Waals surface area contributed by atoms with E-state index in [1.165, 1.54) is 0 Å². The van der Waals surface area contributed by atoms with Crippen LogP contribution < -0.4 is 10.1 Å². The van der Waals surface area contributed by atoms with E-state index in [0.717, 1.165) is 42.4 Å². The number of nitrogens with zero attached hydrogens (tertiary/aromatic N) is 1. The average molecular weight is 545 g/mol. The zero-order valence-corrected chi connectivity index (χ0v) is 22.5. The molecular formula is C32H36N2O6. The largest absolute Gasteiger partial charge is 0.489 e. The second-order valence-electron chi connectivity index (χ2n) is 10.2. The fraction of sp³-hybridized carbons (Fsp3) is 0.375. The van der Waals surface area contributed by atoms with Crippen LogP contribution in [0.5, 0.6) is 5.75 Å². The van der Waals surface area contributed by atoms with Gasteiger partial charge >= 0.3 is 6.09 Å². The van der Waals surface area contributed by atoms with Crippen LogP contribution in [0, 0.1) is 0 Å². The molecule has 2 fully saturated rings. The van der Waals surface area contributed by atoms with E-state index in [-0.39, 0.29) is 18.2 Å². The van der Waals surface area contributed by atoms with Crippen LogP contribution in [0.1, 0.15) is 65.2 Å². The Morgan fingerprint density at radius 1 is 0.925 bits per heavy atom. The fourth-order valence-electron chi connectivity index (χ4n) is 5.47. The minimum absolute atomic E-state index is 0.0444. The maximum atomic E-state index is 13.5. The van der Waals surface area contributed by atoms with Crippen LogP contribution in [-0.2, 0) is 16.1 Å². The lowest BCUT2D eigenvalue weighted by Gasteiger charge is -2.30. The minimum atomic E-state index is -1.10. The summed E-state index contributed by atoms with van der Waals surface area (Å²) in [6, 6.07) is 24.2. The lowest BCUT2D eigenvalue weighted by molar-refractivity contribution is -0.0516. The van der Waals surface area contributed by atoms with E-state index < -0.39 is 12.1 Å². The normalized spacial score (nSPS) is 16.5. The molecule has 3 aromatic rings. The van der Waals surface area contributed by atoms with Crippen LogP contribution in [0.15, 0.2) is 78.9 Å². The van der Waals surface area contributed by atoms with Gasteiger partial charge in [0.05, 0.1) is 19.3 Å². The van der Waals surface area contributed by atoms with E-state index in [1.807, 2.05) is 83.8 Å². The molecule has 1 heterocycles. The summed E-state index contributed by atoms with van der Waals surface area (Å²) in [4.78, 5) is 27.0. The second-order valence-corrected chi connectivity index (χ2v) is 10.2. The second kappa shape index (κ2) is 13.5. The van der Waals surface area contributed by atoms with Crippen LogP contribution in [0.4, 0.5) is 4.79 Å². The number of nitrogens with one attached hydrogen (secondary N) is 1. The first-order chi connectivity index (χ1) is 19.6. The van der Waals surface area contributed by atoms with Crippen molar-refractivity contribution in [3.63, 3.8) is 0 Å². The van der Waals surface area contributed by atoms with E-state index in [0.29, 0.717) is 44.1 Å². The van der Waals surface area contributed by atoms with Crippen molar-refractivity contribution in [1.29, 1.82) is 0 Å². The summed E-state index contributed by atoms with van der Waals surface area (Å²) < 4.78 is 17.2. The van der Waals surface area contributed by atoms with Gasteiger partial charge in [-0.3, -0.25) is 4.79 Å². The van der Waals surface area contributed by atoms with E-state index in [2.05, 4.69) is 5.32 Å². The molecule has 8 nitrogen and oxygen atoms in total. The first-order valence-electron chi connectivity index (χ1n) is 14.0. The topological polar surface area (TPSA) is 97.3 Å². The highest BCUT2D eigenvalue weighted by molar-refractivity contribution is 5.94. The SMILES string of the molecule is O=C(O)NC(c1ccccc1)c1cccc(OCc2ccc(C(=O)N(CCC3OCCO3)C3CCCC3)cc2)c1. The highest BCUT2D eigenvalue weighted by Gasteiger charge is 2.29. The molecule has 0 aromatic heterocycles. The molecule has 1 aliphatic heterocycles. The maximum Gasteiger partial charge on any atom is 0.405 e. The Bertz CT molecular complexity index is 1250. The Hall–Kier alpha value is -3.88. The van der Waals surface area contributed by atoms with Crippen LogP contribution >= 0.6 is 0 Å². The summed E-state index contributed by atoms with van der Waals surface area (Å²) in [5, 5.41) is 12.0. The number of hydrogen-bond acceptors (Lipinski definition) is 5. The Labute approximate surface area is 234 Å². The van der Waals surface area contributed by atoms with Gasteiger partial charge in [0.1, 0.15) is 12.4 Å². The molecule has 2 N–H and O–H groups in total. The monoisotopic (exact) mass is 544 g/mol. The number of carbonyl (C=O) groups excluding carboxylic acids is 1. The van der Waals surface area contributed by atoms with Crippen molar-refractivity contribution in [1.82, 2.24) is 10.2 Å². The number of carbonyl (C=O) groups is 2. The number of amides is 2. The van der Waals surface area contributed by atoms with Crippen molar-refractivity contribution < 1.29 is 28.9 Å². The number of ether oxygens (including phenoxy) is 3.